The number of rotatable bonds is 20. The van der Waals surface area contributed by atoms with Crippen molar-refractivity contribution in [3.8, 4) is 5.75 Å². The van der Waals surface area contributed by atoms with Crippen LogP contribution in [0.1, 0.15) is 129 Å². The first kappa shape index (κ1) is 47.5. The Morgan fingerprint density at radius 3 is 2.00 bits per heavy atom. The summed E-state index contributed by atoms with van der Waals surface area (Å²) in [5.74, 6) is -0.152. The van der Waals surface area contributed by atoms with Gasteiger partial charge in [0.05, 0.1) is 12.5 Å². The normalized spacial score (nSPS) is 19.7. The molecule has 326 valence electrons. The quantitative estimate of drug-likeness (QED) is 0.0510. The van der Waals surface area contributed by atoms with Crippen LogP contribution in [0.2, 0.25) is 0 Å². The summed E-state index contributed by atoms with van der Waals surface area (Å²) in [6.45, 7) is 9.13. The number of esters is 1. The number of ether oxygens (including phenoxy) is 4. The Hall–Kier alpha value is -4.13. The summed E-state index contributed by atoms with van der Waals surface area (Å²) in [4.78, 5) is 64.7. The van der Waals surface area contributed by atoms with Gasteiger partial charge in [0, 0.05) is 35.5 Å². The fraction of sp³-hybridized carbons (Fsp3) is 0.630. The van der Waals surface area contributed by atoms with E-state index in [0.29, 0.717) is 32.5 Å². The molecule has 2 aliphatic rings. The minimum atomic E-state index is -0.840. The summed E-state index contributed by atoms with van der Waals surface area (Å²) >= 11 is 3.44. The molecule has 0 unspecified atom stereocenters. The molecule has 2 aromatic rings. The summed E-state index contributed by atoms with van der Waals surface area (Å²) in [7, 11) is 0. The van der Waals surface area contributed by atoms with E-state index in [-0.39, 0.29) is 60.2 Å². The van der Waals surface area contributed by atoms with Gasteiger partial charge in [-0.05, 0) is 114 Å². The van der Waals surface area contributed by atoms with Gasteiger partial charge in [0.25, 0.3) is 0 Å². The zero-order valence-electron chi connectivity index (χ0n) is 35.5. The summed E-state index contributed by atoms with van der Waals surface area (Å²) in [5.41, 5.74) is 1.01. The van der Waals surface area contributed by atoms with E-state index < -0.39 is 23.9 Å². The number of amides is 3. The molecule has 2 aromatic carbocycles. The highest BCUT2D eigenvalue weighted by Crippen LogP contribution is 2.31. The Balaban J connectivity index is 1.28. The van der Waals surface area contributed by atoms with Crippen molar-refractivity contribution in [3.63, 3.8) is 0 Å². The van der Waals surface area contributed by atoms with Crippen molar-refractivity contribution in [2.24, 2.45) is 23.7 Å². The minimum absolute atomic E-state index is 0.0484. The second-order valence-corrected chi connectivity index (χ2v) is 18.0. The van der Waals surface area contributed by atoms with E-state index in [1.165, 1.54) is 25.7 Å². The van der Waals surface area contributed by atoms with E-state index in [9.17, 15) is 24.0 Å². The van der Waals surface area contributed by atoms with Gasteiger partial charge in [-0.25, -0.2) is 9.59 Å². The van der Waals surface area contributed by atoms with Crippen molar-refractivity contribution in [1.82, 2.24) is 16.0 Å². The Morgan fingerprint density at radius 1 is 0.746 bits per heavy atom. The van der Waals surface area contributed by atoms with Crippen molar-refractivity contribution in [2.45, 2.75) is 142 Å². The number of benzene rings is 2. The average Bonchev–Trinajstić information content (AvgIpc) is 3.21. The van der Waals surface area contributed by atoms with Gasteiger partial charge >= 0.3 is 18.2 Å². The van der Waals surface area contributed by atoms with E-state index in [1.807, 2.05) is 45.0 Å². The summed E-state index contributed by atoms with van der Waals surface area (Å²) in [6, 6.07) is 13.4. The first-order chi connectivity index (χ1) is 28.3. The van der Waals surface area contributed by atoms with Crippen molar-refractivity contribution in [2.75, 3.05) is 19.7 Å². The largest absolute Gasteiger partial charge is 0.514 e. The molecule has 4 rings (SSSR count). The Kier molecular flexibility index (Phi) is 20.0. The minimum Gasteiger partial charge on any atom is -0.465 e. The zero-order valence-corrected chi connectivity index (χ0v) is 37.1. The fourth-order valence-corrected chi connectivity index (χ4v) is 8.02. The van der Waals surface area contributed by atoms with Crippen molar-refractivity contribution in [1.29, 1.82) is 0 Å². The highest BCUT2D eigenvalue weighted by molar-refractivity contribution is 9.10. The molecule has 2 aliphatic carbocycles. The monoisotopic (exact) mass is 883 g/mol. The van der Waals surface area contributed by atoms with Crippen LogP contribution >= 0.6 is 15.9 Å². The number of hydrogen-bond acceptors (Lipinski definition) is 9. The molecular weight excluding hydrogens is 818 g/mol. The molecule has 3 N–H and O–H groups in total. The van der Waals surface area contributed by atoms with E-state index in [2.05, 4.69) is 38.8 Å². The molecule has 0 aromatic heterocycles. The Labute approximate surface area is 359 Å². The number of nitrogens with one attached hydrogen (secondary N) is 3. The second kappa shape index (κ2) is 24.8. The maximum absolute atomic E-state index is 13.8. The summed E-state index contributed by atoms with van der Waals surface area (Å²) < 4.78 is 22.4. The van der Waals surface area contributed by atoms with E-state index in [1.54, 1.807) is 24.3 Å². The van der Waals surface area contributed by atoms with Crippen LogP contribution in [0.15, 0.2) is 53.0 Å². The van der Waals surface area contributed by atoms with Gasteiger partial charge in [-0.3, -0.25) is 14.4 Å². The molecule has 2 fully saturated rings. The van der Waals surface area contributed by atoms with Crippen molar-refractivity contribution in [3.05, 3.63) is 64.1 Å². The van der Waals surface area contributed by atoms with Crippen LogP contribution in [0.25, 0.3) is 0 Å². The van der Waals surface area contributed by atoms with Gasteiger partial charge in [-0.2, -0.15) is 0 Å². The van der Waals surface area contributed by atoms with Gasteiger partial charge in [0.2, 0.25) is 11.8 Å². The number of halogens is 1. The number of unbranched alkanes of at least 4 members (excludes halogenated alkanes) is 5. The molecule has 0 bridgehead atoms. The lowest BCUT2D eigenvalue weighted by molar-refractivity contribution is -0.150. The molecule has 0 saturated heterocycles. The summed E-state index contributed by atoms with van der Waals surface area (Å²) in [6.07, 6.45) is 11.7. The highest BCUT2D eigenvalue weighted by Gasteiger charge is 2.32. The lowest BCUT2D eigenvalue weighted by atomic mass is 9.81. The lowest BCUT2D eigenvalue weighted by Gasteiger charge is -2.30. The van der Waals surface area contributed by atoms with Gasteiger partial charge < -0.3 is 34.9 Å². The molecule has 0 spiro atoms. The van der Waals surface area contributed by atoms with Crippen LogP contribution in [0.4, 0.5) is 9.59 Å². The number of hydrogen-bond donors (Lipinski definition) is 3. The van der Waals surface area contributed by atoms with Crippen LogP contribution in [0.3, 0.4) is 0 Å². The maximum atomic E-state index is 13.8. The van der Waals surface area contributed by atoms with E-state index in [4.69, 9.17) is 18.9 Å². The molecule has 12 nitrogen and oxygen atoms in total. The molecule has 0 aliphatic heterocycles. The van der Waals surface area contributed by atoms with Crippen LogP contribution in [0, 0.1) is 23.7 Å². The molecular formula is C46H66BrN3O9. The maximum Gasteiger partial charge on any atom is 0.514 e. The first-order valence-corrected chi connectivity index (χ1v) is 22.5. The predicted octanol–water partition coefficient (Wildman–Crippen LogP) is 9.35. The third-order valence-electron chi connectivity index (χ3n) is 11.1. The molecule has 2 saturated carbocycles. The third-order valence-corrected chi connectivity index (χ3v) is 11.9. The van der Waals surface area contributed by atoms with Crippen molar-refractivity contribution >= 4 is 46.0 Å². The van der Waals surface area contributed by atoms with E-state index in [0.717, 1.165) is 67.0 Å². The van der Waals surface area contributed by atoms with Crippen LogP contribution in [0.5, 0.6) is 5.75 Å². The number of carbonyl (C=O) groups is 5. The van der Waals surface area contributed by atoms with Gasteiger partial charge in [0.15, 0.2) is 0 Å². The Bertz CT molecular complexity index is 1630. The zero-order chi connectivity index (χ0) is 42.6. The SMILES string of the molecule is CCCCCCCCOC(=O)C1CCC(CNC(=O)[C@H](Cc2ccc(OC(=O)OCc3ccccc3Br)cc2)NC(=O)C2CCC(CNC(=O)OC(C)(C)C)CC2)CC1. The summed E-state index contributed by atoms with van der Waals surface area (Å²) in [5, 5.41) is 8.99. The van der Waals surface area contributed by atoms with Crippen molar-refractivity contribution < 1.29 is 42.9 Å². The molecule has 1 atom stereocenters. The lowest BCUT2D eigenvalue weighted by Crippen LogP contribution is -2.51. The average molecular weight is 885 g/mol. The topological polar surface area (TPSA) is 158 Å². The third kappa shape index (κ3) is 17.9. The van der Waals surface area contributed by atoms with Crippen LogP contribution < -0.4 is 20.7 Å². The first-order valence-electron chi connectivity index (χ1n) is 21.7. The number of alkyl carbamates (subject to hydrolysis) is 1. The van der Waals surface area contributed by atoms with Crippen LogP contribution in [-0.2, 0) is 41.6 Å². The molecule has 59 heavy (non-hydrogen) atoms. The fourth-order valence-electron chi connectivity index (χ4n) is 7.62. The molecule has 3 amide bonds. The van der Waals surface area contributed by atoms with Gasteiger partial charge in [-0.15, -0.1) is 0 Å². The standard InChI is InChI=1S/C46H66BrN3O9/c1-5-6-7-8-9-12-27-56-43(53)36-23-17-33(18-24-36)29-48-42(52)40(50-41(51)35-21-15-34(16-22-35)30-49-44(54)59-46(2,3)4)28-32-19-25-38(26-20-32)58-45(55)57-31-37-13-10-11-14-39(37)47/h10-11,13-14,19-20,25-26,33-36,40H,5-9,12,15-18,21-24,27-31H2,1-4H3,(H,48,52)(H,49,54)(H,50,51)/t33?,34?,35?,36?,40-/m0/s1. The number of carbonyl (C=O) groups excluding carboxylic acids is 5. The molecule has 0 heterocycles. The Morgan fingerprint density at radius 2 is 1.36 bits per heavy atom. The van der Waals surface area contributed by atoms with E-state index >= 15 is 0 Å². The van der Waals surface area contributed by atoms with Gasteiger partial charge in [0.1, 0.15) is 24.0 Å². The smallest absolute Gasteiger partial charge is 0.465 e. The van der Waals surface area contributed by atoms with Gasteiger partial charge in [-0.1, -0.05) is 85.3 Å². The molecule has 0 radical (unpaired) electrons. The predicted molar refractivity (Wildman–Crippen MR) is 230 cm³/mol. The highest BCUT2D eigenvalue weighted by atomic mass is 79.9. The van der Waals surface area contributed by atoms with Crippen LogP contribution in [-0.4, -0.2) is 61.4 Å². The second-order valence-electron chi connectivity index (χ2n) is 17.1. The molecule has 13 heteroatoms.